The second-order valence-electron chi connectivity index (χ2n) is 5.46. The van der Waals surface area contributed by atoms with Gasteiger partial charge < -0.3 is 15.2 Å². The lowest BCUT2D eigenvalue weighted by Gasteiger charge is -2.32. The molecule has 1 fully saturated rings. The fourth-order valence-corrected chi connectivity index (χ4v) is 2.87. The Morgan fingerprint density at radius 3 is 2.35 bits per heavy atom. The summed E-state index contributed by atoms with van der Waals surface area (Å²) in [6.45, 7) is 1.91. The molecular weight excluding hydrogens is 254 g/mol. The van der Waals surface area contributed by atoms with E-state index in [1.54, 1.807) is 0 Å². The molecule has 1 aliphatic carbocycles. The molecular formula is C16H20NO3-. The summed E-state index contributed by atoms with van der Waals surface area (Å²) in [6, 6.07) is 9.54. The van der Waals surface area contributed by atoms with Crippen molar-refractivity contribution in [2.75, 3.05) is 0 Å². The lowest BCUT2D eigenvalue weighted by atomic mass is 9.78. The largest absolute Gasteiger partial charge is 0.550 e. The van der Waals surface area contributed by atoms with Gasteiger partial charge in [-0.25, -0.2) is 0 Å². The first kappa shape index (κ1) is 14.6. The third-order valence-electron chi connectivity index (χ3n) is 4.06. The Labute approximate surface area is 119 Å². The molecule has 0 heterocycles. The van der Waals surface area contributed by atoms with Gasteiger partial charge in [-0.15, -0.1) is 0 Å². The van der Waals surface area contributed by atoms with Gasteiger partial charge >= 0.3 is 0 Å². The van der Waals surface area contributed by atoms with Crippen LogP contribution in [0.2, 0.25) is 0 Å². The van der Waals surface area contributed by atoms with Gasteiger partial charge in [-0.2, -0.15) is 0 Å². The molecule has 3 atom stereocenters. The minimum absolute atomic E-state index is 0.118. The van der Waals surface area contributed by atoms with E-state index in [0.717, 1.165) is 18.4 Å². The molecule has 4 nitrogen and oxygen atoms in total. The van der Waals surface area contributed by atoms with E-state index in [-0.39, 0.29) is 11.9 Å². The average Bonchev–Trinajstić information content (AvgIpc) is 2.48. The number of carboxylic acids is 1. The van der Waals surface area contributed by atoms with Crippen molar-refractivity contribution >= 4 is 11.9 Å². The van der Waals surface area contributed by atoms with E-state index in [4.69, 9.17) is 0 Å². The Morgan fingerprint density at radius 1 is 1.15 bits per heavy atom. The summed E-state index contributed by atoms with van der Waals surface area (Å²) < 4.78 is 0. The van der Waals surface area contributed by atoms with Crippen LogP contribution in [-0.4, -0.2) is 11.9 Å². The van der Waals surface area contributed by atoms with Crippen LogP contribution in [-0.2, 0) is 9.59 Å². The van der Waals surface area contributed by atoms with E-state index in [9.17, 15) is 14.7 Å². The van der Waals surface area contributed by atoms with Crippen LogP contribution in [0.1, 0.15) is 44.2 Å². The monoisotopic (exact) mass is 274 g/mol. The number of carbonyl (C=O) groups excluding carboxylic acids is 2. The summed E-state index contributed by atoms with van der Waals surface area (Å²) in [5, 5.41) is 14.1. The van der Waals surface area contributed by atoms with Crippen molar-refractivity contribution in [1.29, 1.82) is 0 Å². The van der Waals surface area contributed by atoms with Gasteiger partial charge in [0.1, 0.15) is 0 Å². The van der Waals surface area contributed by atoms with Gasteiger partial charge in [0, 0.05) is 17.8 Å². The zero-order valence-corrected chi connectivity index (χ0v) is 11.7. The topological polar surface area (TPSA) is 69.2 Å². The van der Waals surface area contributed by atoms with Crippen LogP contribution >= 0.6 is 0 Å². The maximum absolute atomic E-state index is 12.3. The van der Waals surface area contributed by atoms with Crippen molar-refractivity contribution in [3.8, 4) is 0 Å². The summed E-state index contributed by atoms with van der Waals surface area (Å²) >= 11 is 0. The molecule has 20 heavy (non-hydrogen) atoms. The fourth-order valence-electron chi connectivity index (χ4n) is 2.87. The van der Waals surface area contributed by atoms with Crippen LogP contribution in [0.3, 0.4) is 0 Å². The highest BCUT2D eigenvalue weighted by molar-refractivity contribution is 5.84. The summed E-state index contributed by atoms with van der Waals surface area (Å²) in [5.41, 5.74) is 1.02. The molecule has 0 radical (unpaired) electrons. The van der Waals surface area contributed by atoms with Crippen molar-refractivity contribution in [2.24, 2.45) is 11.8 Å². The fraction of sp³-hybridized carbons (Fsp3) is 0.500. The van der Waals surface area contributed by atoms with Crippen LogP contribution in [0, 0.1) is 11.8 Å². The molecule has 1 aliphatic rings. The molecule has 2 rings (SSSR count). The number of aliphatic carboxylic acids is 1. The molecule has 4 heteroatoms. The van der Waals surface area contributed by atoms with Gasteiger partial charge in [0.15, 0.2) is 0 Å². The van der Waals surface area contributed by atoms with Crippen molar-refractivity contribution in [3.63, 3.8) is 0 Å². The Morgan fingerprint density at radius 2 is 1.75 bits per heavy atom. The Hall–Kier alpha value is -1.84. The molecule has 1 N–H and O–H groups in total. The molecule has 0 bridgehead atoms. The lowest BCUT2D eigenvalue weighted by Crippen LogP contribution is -2.45. The highest BCUT2D eigenvalue weighted by Crippen LogP contribution is 2.30. The molecule has 1 aromatic rings. The number of amides is 1. The van der Waals surface area contributed by atoms with Crippen LogP contribution < -0.4 is 10.4 Å². The zero-order chi connectivity index (χ0) is 14.5. The number of carbonyl (C=O) groups is 2. The van der Waals surface area contributed by atoms with Gasteiger partial charge in [-0.05, 0) is 25.3 Å². The highest BCUT2D eigenvalue weighted by Gasteiger charge is 2.32. The second kappa shape index (κ2) is 6.55. The Kier molecular flexibility index (Phi) is 4.77. The predicted molar refractivity (Wildman–Crippen MR) is 73.5 cm³/mol. The minimum atomic E-state index is -1.10. The van der Waals surface area contributed by atoms with Gasteiger partial charge in [0.2, 0.25) is 5.91 Å². The summed E-state index contributed by atoms with van der Waals surface area (Å²) in [5.74, 6) is -2.38. The van der Waals surface area contributed by atoms with Crippen LogP contribution in [0.15, 0.2) is 30.3 Å². The normalized spacial score (nSPS) is 23.9. The number of hydrogen-bond donors (Lipinski definition) is 1. The molecule has 1 aromatic carbocycles. The van der Waals surface area contributed by atoms with Crippen LogP contribution in [0.5, 0.6) is 0 Å². The van der Waals surface area contributed by atoms with Crippen LogP contribution in [0.4, 0.5) is 0 Å². The van der Waals surface area contributed by atoms with E-state index in [1.807, 2.05) is 37.3 Å². The highest BCUT2D eigenvalue weighted by atomic mass is 16.4. The molecule has 1 saturated carbocycles. The average molecular weight is 274 g/mol. The molecule has 0 aliphatic heterocycles. The second-order valence-corrected chi connectivity index (χ2v) is 5.46. The van der Waals surface area contributed by atoms with Crippen LogP contribution in [0.25, 0.3) is 0 Å². The number of hydrogen-bond acceptors (Lipinski definition) is 3. The van der Waals surface area contributed by atoms with E-state index < -0.39 is 17.8 Å². The van der Waals surface area contributed by atoms with E-state index in [2.05, 4.69) is 5.32 Å². The minimum Gasteiger partial charge on any atom is -0.550 e. The number of benzene rings is 1. The van der Waals surface area contributed by atoms with Crippen molar-refractivity contribution in [1.82, 2.24) is 5.32 Å². The smallest absolute Gasteiger partial charge is 0.224 e. The Balaban J connectivity index is 2.01. The third-order valence-corrected chi connectivity index (χ3v) is 4.06. The lowest BCUT2D eigenvalue weighted by molar-refractivity contribution is -0.314. The predicted octanol–water partition coefficient (Wildman–Crippen LogP) is 1.42. The zero-order valence-electron chi connectivity index (χ0n) is 11.7. The number of rotatable bonds is 4. The quantitative estimate of drug-likeness (QED) is 0.902. The number of nitrogens with one attached hydrogen (secondary N) is 1. The molecule has 0 spiro atoms. The molecule has 0 aromatic heterocycles. The third kappa shape index (κ3) is 3.38. The first-order chi connectivity index (χ1) is 9.59. The van der Waals surface area contributed by atoms with Gasteiger partial charge in [0.25, 0.3) is 0 Å². The maximum Gasteiger partial charge on any atom is 0.224 e. The summed E-state index contributed by atoms with van der Waals surface area (Å²) in [6.07, 6.45) is 2.93. The van der Waals surface area contributed by atoms with Crippen molar-refractivity contribution in [2.45, 2.75) is 38.6 Å². The molecule has 1 amide bonds. The maximum atomic E-state index is 12.3. The Bertz CT molecular complexity index is 472. The van der Waals surface area contributed by atoms with Crippen molar-refractivity contribution in [3.05, 3.63) is 35.9 Å². The molecule has 0 saturated heterocycles. The van der Waals surface area contributed by atoms with Gasteiger partial charge in [-0.3, -0.25) is 4.79 Å². The standard InChI is InChI=1S/C16H21NO3/c1-11(12-7-3-2-4-8-12)17-15(18)13-9-5-6-10-14(13)16(19)20/h2-4,7-8,11,13-14H,5-6,9-10H2,1H3,(H,17,18)(H,19,20)/p-1/t11-,13+,14-/m1/s1. The van der Waals surface area contributed by atoms with Crippen molar-refractivity contribution < 1.29 is 14.7 Å². The summed E-state index contributed by atoms with van der Waals surface area (Å²) in [4.78, 5) is 23.4. The van der Waals surface area contributed by atoms with E-state index in [1.165, 1.54) is 0 Å². The number of carboxylic acid groups (broad SMARTS) is 1. The van der Waals surface area contributed by atoms with E-state index in [0.29, 0.717) is 12.8 Å². The van der Waals surface area contributed by atoms with E-state index >= 15 is 0 Å². The SMILES string of the molecule is C[C@@H](NC(=O)[C@H]1CCCC[C@H]1C(=O)[O-])c1ccccc1. The molecule has 0 unspecified atom stereocenters. The first-order valence-electron chi connectivity index (χ1n) is 7.15. The van der Waals surface area contributed by atoms with Gasteiger partial charge in [-0.1, -0.05) is 43.2 Å². The first-order valence-corrected chi connectivity index (χ1v) is 7.15. The summed E-state index contributed by atoms with van der Waals surface area (Å²) in [7, 11) is 0. The molecule has 108 valence electrons. The van der Waals surface area contributed by atoms with Gasteiger partial charge in [0.05, 0.1) is 6.04 Å².